The van der Waals surface area contributed by atoms with Crippen molar-refractivity contribution in [2.45, 2.75) is 98.9 Å². The lowest BCUT2D eigenvalue weighted by molar-refractivity contribution is -0.143. The van der Waals surface area contributed by atoms with Gasteiger partial charge in [-0.3, -0.25) is 9.59 Å². The van der Waals surface area contributed by atoms with Gasteiger partial charge in [-0.05, 0) is 66.9 Å². The number of carbonyl (C=O) groups is 3. The van der Waals surface area contributed by atoms with Crippen LogP contribution in [0.5, 0.6) is 0 Å². The van der Waals surface area contributed by atoms with Gasteiger partial charge in [0.1, 0.15) is 17.7 Å². The van der Waals surface area contributed by atoms with E-state index in [1.807, 2.05) is 72.7 Å². The normalized spacial score (nSPS) is 14.6. The molecular formula is C26H43N3O4. The Morgan fingerprint density at radius 3 is 1.97 bits per heavy atom. The van der Waals surface area contributed by atoms with E-state index in [0.717, 1.165) is 11.1 Å². The summed E-state index contributed by atoms with van der Waals surface area (Å²) in [5, 5.41) is 5.77. The van der Waals surface area contributed by atoms with Crippen LogP contribution in [0.4, 0.5) is 4.79 Å². The van der Waals surface area contributed by atoms with Crippen LogP contribution in [0.2, 0.25) is 0 Å². The lowest BCUT2D eigenvalue weighted by atomic mass is 9.95. The second-order valence-corrected chi connectivity index (χ2v) is 10.7. The number of nitrogens with zero attached hydrogens (tertiary/aromatic N) is 1. The molecule has 1 rings (SSSR count). The van der Waals surface area contributed by atoms with E-state index in [1.165, 1.54) is 0 Å². The predicted molar refractivity (Wildman–Crippen MR) is 132 cm³/mol. The molecule has 0 saturated carbocycles. The molecule has 7 heteroatoms. The second kappa shape index (κ2) is 11.5. The summed E-state index contributed by atoms with van der Waals surface area (Å²) in [6.45, 7) is 19.0. The molecule has 186 valence electrons. The number of aryl methyl sites for hydroxylation is 1. The molecule has 7 nitrogen and oxygen atoms in total. The van der Waals surface area contributed by atoms with E-state index in [4.69, 9.17) is 4.74 Å². The zero-order valence-electron chi connectivity index (χ0n) is 22.0. The van der Waals surface area contributed by atoms with Crippen molar-refractivity contribution in [3.63, 3.8) is 0 Å². The van der Waals surface area contributed by atoms with E-state index in [0.29, 0.717) is 13.0 Å². The van der Waals surface area contributed by atoms with E-state index in [1.54, 1.807) is 25.7 Å². The maximum atomic E-state index is 13.8. The maximum absolute atomic E-state index is 13.8. The quantitative estimate of drug-likeness (QED) is 0.585. The molecule has 3 amide bonds. The molecule has 0 heterocycles. The third kappa shape index (κ3) is 9.06. The minimum atomic E-state index is -0.825. The number of likely N-dealkylation sites (N-methyl/N-ethyl adjacent to an activating group) is 1. The first kappa shape index (κ1) is 28.5. The van der Waals surface area contributed by atoms with Gasteiger partial charge in [-0.2, -0.15) is 0 Å². The van der Waals surface area contributed by atoms with Gasteiger partial charge in [-0.25, -0.2) is 4.79 Å². The number of rotatable bonds is 8. The Kier molecular flexibility index (Phi) is 9.94. The molecule has 33 heavy (non-hydrogen) atoms. The van der Waals surface area contributed by atoms with Crippen LogP contribution in [-0.4, -0.2) is 46.5 Å². The van der Waals surface area contributed by atoms with Gasteiger partial charge in [0.15, 0.2) is 0 Å². The predicted octanol–water partition coefficient (Wildman–Crippen LogP) is 4.74. The van der Waals surface area contributed by atoms with Crippen LogP contribution >= 0.6 is 0 Å². The Morgan fingerprint density at radius 1 is 1.00 bits per heavy atom. The lowest BCUT2D eigenvalue weighted by Gasteiger charge is -2.36. The molecule has 0 fully saturated rings. The Hall–Kier alpha value is -2.57. The molecule has 3 atom stereocenters. The Morgan fingerprint density at radius 2 is 1.55 bits per heavy atom. The molecule has 0 aliphatic carbocycles. The minimum absolute atomic E-state index is 0.150. The average Bonchev–Trinajstić information content (AvgIpc) is 2.67. The van der Waals surface area contributed by atoms with Crippen molar-refractivity contribution in [3.8, 4) is 0 Å². The molecule has 0 aliphatic heterocycles. The lowest BCUT2D eigenvalue weighted by Crippen LogP contribution is -2.56. The minimum Gasteiger partial charge on any atom is -0.444 e. The fourth-order valence-corrected chi connectivity index (χ4v) is 3.42. The van der Waals surface area contributed by atoms with Crippen LogP contribution in [0.15, 0.2) is 24.3 Å². The molecule has 0 spiro atoms. The first-order chi connectivity index (χ1) is 15.1. The van der Waals surface area contributed by atoms with Crippen LogP contribution in [0.25, 0.3) is 0 Å². The van der Waals surface area contributed by atoms with Gasteiger partial charge in [0.05, 0.1) is 0 Å². The highest BCUT2D eigenvalue weighted by Crippen LogP contribution is 2.25. The highest BCUT2D eigenvalue weighted by Gasteiger charge is 2.38. The standard InChI is InChI=1S/C26H43N3O4/c1-11-18(4)20(27-24(32)33-26(8,9)10)23(31)29(12-2)21(22(30)28-25(5,6)7)19-15-13-17(3)14-16-19/h13-16,18,20-21H,11-12H2,1-10H3,(H,27,32)(H,28,30). The molecule has 2 N–H and O–H groups in total. The van der Waals surface area contributed by atoms with E-state index in [9.17, 15) is 14.4 Å². The van der Waals surface area contributed by atoms with Gasteiger partial charge in [0.2, 0.25) is 11.8 Å². The van der Waals surface area contributed by atoms with Crippen LogP contribution in [0.1, 0.15) is 85.9 Å². The largest absolute Gasteiger partial charge is 0.444 e. The van der Waals surface area contributed by atoms with Crippen molar-refractivity contribution in [1.29, 1.82) is 0 Å². The molecule has 0 bridgehead atoms. The van der Waals surface area contributed by atoms with Gasteiger partial charge in [0, 0.05) is 12.1 Å². The zero-order valence-corrected chi connectivity index (χ0v) is 22.0. The molecule has 0 aliphatic rings. The summed E-state index contributed by atoms with van der Waals surface area (Å²) in [4.78, 5) is 41.3. The van der Waals surface area contributed by atoms with Gasteiger partial charge in [-0.1, -0.05) is 50.1 Å². The first-order valence-corrected chi connectivity index (χ1v) is 11.8. The monoisotopic (exact) mass is 461 g/mol. The van der Waals surface area contributed by atoms with Crippen LogP contribution in [0.3, 0.4) is 0 Å². The zero-order chi connectivity index (χ0) is 25.6. The number of hydrogen-bond donors (Lipinski definition) is 2. The highest BCUT2D eigenvalue weighted by molar-refractivity contribution is 5.92. The van der Waals surface area contributed by atoms with Gasteiger partial charge < -0.3 is 20.3 Å². The molecule has 1 aromatic rings. The first-order valence-electron chi connectivity index (χ1n) is 11.8. The molecule has 0 saturated heterocycles. The smallest absolute Gasteiger partial charge is 0.408 e. The summed E-state index contributed by atoms with van der Waals surface area (Å²) < 4.78 is 5.40. The van der Waals surface area contributed by atoms with Crippen molar-refractivity contribution >= 4 is 17.9 Å². The fraction of sp³-hybridized carbons (Fsp3) is 0.654. The van der Waals surface area contributed by atoms with Gasteiger partial charge in [-0.15, -0.1) is 0 Å². The fourth-order valence-electron chi connectivity index (χ4n) is 3.42. The van der Waals surface area contributed by atoms with Gasteiger partial charge >= 0.3 is 6.09 Å². The van der Waals surface area contributed by atoms with Crippen molar-refractivity contribution in [1.82, 2.24) is 15.5 Å². The maximum Gasteiger partial charge on any atom is 0.408 e. The molecule has 1 aromatic carbocycles. The average molecular weight is 462 g/mol. The van der Waals surface area contributed by atoms with E-state index < -0.39 is 29.3 Å². The molecule has 0 radical (unpaired) electrons. The third-order valence-corrected chi connectivity index (χ3v) is 5.23. The summed E-state index contributed by atoms with van der Waals surface area (Å²) in [6.07, 6.45) is 0.0240. The number of ether oxygens (including phenoxy) is 1. The summed E-state index contributed by atoms with van der Waals surface area (Å²) >= 11 is 0. The second-order valence-electron chi connectivity index (χ2n) is 10.7. The topological polar surface area (TPSA) is 87.7 Å². The SMILES string of the molecule is CCC(C)C(NC(=O)OC(C)(C)C)C(=O)N(CC)C(C(=O)NC(C)(C)C)c1ccc(C)cc1. The van der Waals surface area contributed by atoms with E-state index in [-0.39, 0.29) is 17.7 Å². The van der Waals surface area contributed by atoms with Crippen LogP contribution < -0.4 is 10.6 Å². The van der Waals surface area contributed by atoms with Crippen molar-refractivity contribution in [2.24, 2.45) is 5.92 Å². The summed E-state index contributed by atoms with van der Waals surface area (Å²) in [5.74, 6) is -0.725. The van der Waals surface area contributed by atoms with Gasteiger partial charge in [0.25, 0.3) is 0 Å². The highest BCUT2D eigenvalue weighted by atomic mass is 16.6. The summed E-state index contributed by atoms with van der Waals surface area (Å²) in [5.41, 5.74) is 0.631. The van der Waals surface area contributed by atoms with E-state index >= 15 is 0 Å². The molecular weight excluding hydrogens is 418 g/mol. The number of nitrogens with one attached hydrogen (secondary N) is 2. The molecule has 0 aromatic heterocycles. The van der Waals surface area contributed by atoms with Crippen molar-refractivity contribution in [3.05, 3.63) is 35.4 Å². The Labute approximate surface area is 199 Å². The number of hydrogen-bond acceptors (Lipinski definition) is 4. The Balaban J connectivity index is 3.39. The van der Waals surface area contributed by atoms with E-state index in [2.05, 4.69) is 10.6 Å². The number of amides is 3. The summed E-state index contributed by atoms with van der Waals surface area (Å²) in [6, 6.07) is 5.95. The number of carbonyl (C=O) groups excluding carboxylic acids is 3. The number of benzene rings is 1. The van der Waals surface area contributed by atoms with Crippen molar-refractivity contribution in [2.75, 3.05) is 6.54 Å². The van der Waals surface area contributed by atoms with Crippen LogP contribution in [-0.2, 0) is 14.3 Å². The Bertz CT molecular complexity index is 806. The van der Waals surface area contributed by atoms with Crippen LogP contribution in [0, 0.1) is 12.8 Å². The molecule has 3 unspecified atom stereocenters. The number of alkyl carbamates (subject to hydrolysis) is 1. The summed E-state index contributed by atoms with van der Waals surface area (Å²) in [7, 11) is 0. The third-order valence-electron chi connectivity index (χ3n) is 5.23. The van der Waals surface area contributed by atoms with Crippen molar-refractivity contribution < 1.29 is 19.1 Å².